The van der Waals surface area contributed by atoms with Crippen LogP contribution in [0.25, 0.3) is 5.57 Å². The quantitative estimate of drug-likeness (QED) is 0.816. The van der Waals surface area contributed by atoms with Gasteiger partial charge in [-0.3, -0.25) is 4.98 Å². The zero-order valence-electron chi connectivity index (χ0n) is 15.9. The fraction of sp³-hybridized carbons (Fsp3) is 0.350. The molecule has 29 heavy (non-hydrogen) atoms. The summed E-state index contributed by atoms with van der Waals surface area (Å²) in [5, 5.41) is 0. The van der Waals surface area contributed by atoms with Gasteiger partial charge in [0.2, 0.25) is 0 Å². The molecule has 9 heteroatoms. The SMILES string of the molecule is CN1CCN(C2=C(c3ccncc3)C(c3ccc(OC(F)(F)F)cc3)NN2)CC1. The van der Waals surface area contributed by atoms with Crippen molar-refractivity contribution in [2.75, 3.05) is 33.2 Å². The third kappa shape index (κ3) is 4.46. The van der Waals surface area contributed by atoms with Crippen LogP contribution in [-0.2, 0) is 0 Å². The van der Waals surface area contributed by atoms with Crippen LogP contribution in [0.1, 0.15) is 17.2 Å². The molecule has 2 aliphatic rings. The van der Waals surface area contributed by atoms with E-state index in [1.165, 1.54) is 12.1 Å². The lowest BCUT2D eigenvalue weighted by atomic mass is 9.94. The normalized spacial score (nSPS) is 20.7. The van der Waals surface area contributed by atoms with E-state index in [-0.39, 0.29) is 11.8 Å². The Morgan fingerprint density at radius 2 is 1.66 bits per heavy atom. The second-order valence-corrected chi connectivity index (χ2v) is 7.11. The lowest BCUT2D eigenvalue weighted by Crippen LogP contribution is -2.46. The van der Waals surface area contributed by atoms with Crippen LogP contribution < -0.4 is 15.6 Å². The van der Waals surface area contributed by atoms with E-state index in [2.05, 4.69) is 37.4 Å². The lowest BCUT2D eigenvalue weighted by Gasteiger charge is -2.35. The first-order valence-electron chi connectivity index (χ1n) is 9.36. The first-order chi connectivity index (χ1) is 13.9. The van der Waals surface area contributed by atoms with Crippen molar-refractivity contribution < 1.29 is 17.9 Å². The summed E-state index contributed by atoms with van der Waals surface area (Å²) in [4.78, 5) is 8.68. The summed E-state index contributed by atoms with van der Waals surface area (Å²) in [5.41, 5.74) is 9.47. The van der Waals surface area contributed by atoms with E-state index in [9.17, 15) is 13.2 Å². The average molecular weight is 405 g/mol. The number of hydrazine groups is 1. The van der Waals surface area contributed by atoms with Gasteiger partial charge in [0.1, 0.15) is 11.6 Å². The highest BCUT2D eigenvalue weighted by atomic mass is 19.4. The predicted molar refractivity (Wildman–Crippen MR) is 102 cm³/mol. The minimum absolute atomic E-state index is 0.216. The van der Waals surface area contributed by atoms with Gasteiger partial charge < -0.3 is 20.0 Å². The number of likely N-dealkylation sites (N-methyl/N-ethyl adjacent to an activating group) is 1. The van der Waals surface area contributed by atoms with Crippen molar-refractivity contribution in [3.05, 3.63) is 65.7 Å². The Morgan fingerprint density at radius 3 is 2.28 bits per heavy atom. The van der Waals surface area contributed by atoms with E-state index in [0.29, 0.717) is 0 Å². The smallest absolute Gasteiger partial charge is 0.406 e. The molecule has 1 atom stereocenters. The van der Waals surface area contributed by atoms with Gasteiger partial charge in [0, 0.05) is 44.1 Å². The van der Waals surface area contributed by atoms with E-state index < -0.39 is 6.36 Å². The topological polar surface area (TPSA) is 52.7 Å². The summed E-state index contributed by atoms with van der Waals surface area (Å²) < 4.78 is 41.3. The first kappa shape index (κ1) is 19.5. The molecule has 1 fully saturated rings. The average Bonchev–Trinajstić information content (AvgIpc) is 3.14. The Kier molecular flexibility index (Phi) is 5.33. The summed E-state index contributed by atoms with van der Waals surface area (Å²) >= 11 is 0. The van der Waals surface area contributed by atoms with Crippen LogP contribution >= 0.6 is 0 Å². The molecule has 0 bridgehead atoms. The summed E-state index contributed by atoms with van der Waals surface area (Å²) in [7, 11) is 2.10. The van der Waals surface area contributed by atoms with E-state index in [1.807, 2.05) is 12.1 Å². The van der Waals surface area contributed by atoms with Crippen LogP contribution in [-0.4, -0.2) is 54.4 Å². The molecule has 1 aromatic heterocycles. The number of piperazine rings is 1. The molecule has 0 spiro atoms. The molecule has 4 rings (SSSR count). The molecular formula is C20H22F3N5O. The number of alkyl halides is 3. The van der Waals surface area contributed by atoms with Crippen LogP contribution in [0.5, 0.6) is 5.75 Å². The van der Waals surface area contributed by atoms with Crippen LogP contribution in [0.4, 0.5) is 13.2 Å². The largest absolute Gasteiger partial charge is 0.573 e. The van der Waals surface area contributed by atoms with Gasteiger partial charge in [-0.05, 0) is 42.4 Å². The molecule has 0 radical (unpaired) electrons. The number of benzene rings is 1. The second kappa shape index (κ2) is 7.92. The number of halogens is 3. The van der Waals surface area contributed by atoms with Crippen molar-refractivity contribution in [2.24, 2.45) is 0 Å². The minimum Gasteiger partial charge on any atom is -0.406 e. The van der Waals surface area contributed by atoms with Crippen molar-refractivity contribution in [3.8, 4) is 5.75 Å². The van der Waals surface area contributed by atoms with Gasteiger partial charge in [-0.1, -0.05) is 12.1 Å². The molecule has 2 aromatic rings. The maximum atomic E-state index is 12.4. The maximum absolute atomic E-state index is 12.4. The van der Waals surface area contributed by atoms with Gasteiger partial charge in [0.25, 0.3) is 0 Å². The number of ether oxygens (including phenoxy) is 1. The number of rotatable bonds is 4. The van der Waals surface area contributed by atoms with Crippen LogP contribution in [0.15, 0.2) is 54.6 Å². The van der Waals surface area contributed by atoms with Gasteiger partial charge in [-0.2, -0.15) is 0 Å². The Bertz CT molecular complexity index is 862. The van der Waals surface area contributed by atoms with Crippen LogP contribution in [0, 0.1) is 0 Å². The van der Waals surface area contributed by atoms with Gasteiger partial charge in [-0.15, -0.1) is 13.2 Å². The fourth-order valence-electron chi connectivity index (χ4n) is 3.64. The van der Waals surface area contributed by atoms with E-state index >= 15 is 0 Å². The van der Waals surface area contributed by atoms with Crippen LogP contribution in [0.2, 0.25) is 0 Å². The molecule has 6 nitrogen and oxygen atoms in total. The molecule has 1 unspecified atom stereocenters. The lowest BCUT2D eigenvalue weighted by molar-refractivity contribution is -0.274. The molecule has 3 heterocycles. The molecule has 2 N–H and O–H groups in total. The summed E-state index contributed by atoms with van der Waals surface area (Å²) in [5.74, 6) is 0.755. The van der Waals surface area contributed by atoms with E-state index in [1.54, 1.807) is 24.5 Å². The summed E-state index contributed by atoms with van der Waals surface area (Å²) in [6.45, 7) is 3.70. The van der Waals surface area contributed by atoms with Crippen molar-refractivity contribution in [1.29, 1.82) is 0 Å². The number of pyridine rings is 1. The standard InChI is InChI=1S/C20H22F3N5O/c1-27-10-12-28(13-11-27)19-17(14-6-8-24-9-7-14)18(25-26-19)15-2-4-16(5-3-15)29-20(21,22)23/h2-9,18,25-26H,10-13H2,1H3. The van der Waals surface area contributed by atoms with E-state index in [0.717, 1.165) is 48.7 Å². The summed E-state index contributed by atoms with van der Waals surface area (Å²) in [6.07, 6.45) is -1.23. The highest BCUT2D eigenvalue weighted by Crippen LogP contribution is 2.37. The molecule has 0 aliphatic carbocycles. The van der Waals surface area contributed by atoms with Crippen molar-refractivity contribution >= 4 is 5.57 Å². The fourth-order valence-corrected chi connectivity index (χ4v) is 3.64. The van der Waals surface area contributed by atoms with Gasteiger partial charge >= 0.3 is 6.36 Å². The number of nitrogens with zero attached hydrogens (tertiary/aromatic N) is 3. The van der Waals surface area contributed by atoms with Gasteiger partial charge in [-0.25, -0.2) is 5.43 Å². The van der Waals surface area contributed by atoms with Crippen molar-refractivity contribution in [2.45, 2.75) is 12.4 Å². The molecule has 0 amide bonds. The van der Waals surface area contributed by atoms with E-state index in [4.69, 9.17) is 0 Å². The number of hydrogen-bond donors (Lipinski definition) is 2. The Morgan fingerprint density at radius 1 is 1.00 bits per heavy atom. The van der Waals surface area contributed by atoms with Gasteiger partial charge in [0.15, 0.2) is 0 Å². The zero-order chi connectivity index (χ0) is 20.4. The molecule has 1 aromatic carbocycles. The van der Waals surface area contributed by atoms with Crippen LogP contribution in [0.3, 0.4) is 0 Å². The van der Waals surface area contributed by atoms with Gasteiger partial charge in [0.05, 0.1) is 6.04 Å². The van der Waals surface area contributed by atoms with Crippen molar-refractivity contribution in [1.82, 2.24) is 25.6 Å². The molecule has 154 valence electrons. The predicted octanol–water partition coefficient (Wildman–Crippen LogP) is 2.75. The Balaban J connectivity index is 1.66. The zero-order valence-corrected chi connectivity index (χ0v) is 15.9. The third-order valence-corrected chi connectivity index (χ3v) is 5.14. The highest BCUT2D eigenvalue weighted by molar-refractivity contribution is 5.75. The monoisotopic (exact) mass is 405 g/mol. The maximum Gasteiger partial charge on any atom is 0.573 e. The highest BCUT2D eigenvalue weighted by Gasteiger charge is 2.33. The molecule has 1 saturated heterocycles. The number of nitrogens with one attached hydrogen (secondary N) is 2. The Hall–Kier alpha value is -2.78. The third-order valence-electron chi connectivity index (χ3n) is 5.14. The first-order valence-corrected chi connectivity index (χ1v) is 9.36. The molecule has 2 aliphatic heterocycles. The minimum atomic E-state index is -4.70. The second-order valence-electron chi connectivity index (χ2n) is 7.11. The number of hydrogen-bond acceptors (Lipinski definition) is 6. The van der Waals surface area contributed by atoms with Crippen molar-refractivity contribution in [3.63, 3.8) is 0 Å². The Labute approximate surface area is 166 Å². The summed E-state index contributed by atoms with van der Waals surface area (Å²) in [6, 6.07) is 9.63. The number of aromatic nitrogens is 1. The molecular weight excluding hydrogens is 383 g/mol. The molecule has 0 saturated carbocycles.